The van der Waals surface area contributed by atoms with Gasteiger partial charge < -0.3 is 9.80 Å². The van der Waals surface area contributed by atoms with Crippen LogP contribution in [0.1, 0.15) is 32.0 Å². The zero-order chi connectivity index (χ0) is 18.3. The van der Waals surface area contributed by atoms with Crippen molar-refractivity contribution in [2.24, 2.45) is 11.8 Å². The molecule has 0 radical (unpaired) electrons. The fourth-order valence-electron chi connectivity index (χ4n) is 3.94. The molecule has 4 rings (SSSR count). The molecule has 4 heterocycles. The van der Waals surface area contributed by atoms with Gasteiger partial charge >= 0.3 is 0 Å². The van der Waals surface area contributed by atoms with Crippen molar-refractivity contribution in [2.45, 2.75) is 26.2 Å². The Kier molecular flexibility index (Phi) is 4.03. The molecule has 0 amide bonds. The van der Waals surface area contributed by atoms with Gasteiger partial charge in [0.25, 0.3) is 0 Å². The third-order valence-electron chi connectivity index (χ3n) is 5.43. The van der Waals surface area contributed by atoms with Crippen LogP contribution in [-0.4, -0.2) is 41.1 Å². The molecular weight excluding hydrogens is 324 g/mol. The van der Waals surface area contributed by atoms with Crippen LogP contribution in [0, 0.1) is 23.2 Å². The summed E-state index contributed by atoms with van der Waals surface area (Å²) in [5, 5.41) is 8.91. The van der Waals surface area contributed by atoms with Gasteiger partial charge in [0.15, 0.2) is 0 Å². The summed E-state index contributed by atoms with van der Waals surface area (Å²) in [6.07, 6.45) is 3.35. The van der Waals surface area contributed by atoms with Gasteiger partial charge in [-0.3, -0.25) is 0 Å². The number of pyridine rings is 1. The molecule has 0 aliphatic carbocycles. The summed E-state index contributed by atoms with van der Waals surface area (Å²) < 4.78 is 0. The van der Waals surface area contributed by atoms with Crippen LogP contribution in [0.15, 0.2) is 30.7 Å². The molecule has 2 aromatic heterocycles. The molecule has 0 aromatic carbocycles. The van der Waals surface area contributed by atoms with Gasteiger partial charge in [0.1, 0.15) is 24.0 Å². The molecular formula is C20H24N6. The molecule has 0 bridgehead atoms. The number of aromatic nitrogens is 3. The highest BCUT2D eigenvalue weighted by Crippen LogP contribution is 2.35. The Morgan fingerprint density at radius 1 is 0.962 bits per heavy atom. The Labute approximate surface area is 154 Å². The molecule has 2 fully saturated rings. The second kappa shape index (κ2) is 6.24. The summed E-state index contributed by atoms with van der Waals surface area (Å²) in [7, 11) is 0. The van der Waals surface area contributed by atoms with Crippen molar-refractivity contribution in [3.05, 3.63) is 42.0 Å². The van der Waals surface area contributed by atoms with E-state index < -0.39 is 0 Å². The number of anilines is 2. The van der Waals surface area contributed by atoms with E-state index in [0.29, 0.717) is 17.4 Å². The summed E-state index contributed by atoms with van der Waals surface area (Å²) in [4.78, 5) is 18.1. The number of hydrogen-bond donors (Lipinski definition) is 0. The maximum Gasteiger partial charge on any atom is 0.132 e. The van der Waals surface area contributed by atoms with Gasteiger partial charge in [-0.25, -0.2) is 15.0 Å². The summed E-state index contributed by atoms with van der Waals surface area (Å²) in [5.74, 6) is 3.27. The van der Waals surface area contributed by atoms with Crippen LogP contribution in [0.3, 0.4) is 0 Å². The van der Waals surface area contributed by atoms with Crippen molar-refractivity contribution in [3.8, 4) is 6.07 Å². The third kappa shape index (κ3) is 3.10. The molecule has 2 aliphatic heterocycles. The zero-order valence-electron chi connectivity index (χ0n) is 15.6. The monoisotopic (exact) mass is 348 g/mol. The van der Waals surface area contributed by atoms with E-state index >= 15 is 0 Å². The van der Waals surface area contributed by atoms with Crippen LogP contribution in [-0.2, 0) is 5.41 Å². The SMILES string of the molecule is CC(C)(C)c1cc(N2CC3CN(c4ccc(C#N)cn4)CC3C2)ncn1. The van der Waals surface area contributed by atoms with Crippen LogP contribution >= 0.6 is 0 Å². The van der Waals surface area contributed by atoms with E-state index in [1.54, 1.807) is 12.5 Å². The Bertz CT molecular complexity index is 819. The van der Waals surface area contributed by atoms with E-state index in [1.165, 1.54) is 0 Å². The van der Waals surface area contributed by atoms with Gasteiger partial charge in [-0.2, -0.15) is 5.26 Å². The van der Waals surface area contributed by atoms with Gasteiger partial charge in [-0.05, 0) is 12.1 Å². The van der Waals surface area contributed by atoms with Gasteiger partial charge in [0.05, 0.1) is 11.3 Å². The Hall–Kier alpha value is -2.68. The van der Waals surface area contributed by atoms with Crippen LogP contribution < -0.4 is 9.80 Å². The van der Waals surface area contributed by atoms with Crippen LogP contribution in [0.5, 0.6) is 0 Å². The van der Waals surface area contributed by atoms with Crippen LogP contribution in [0.2, 0.25) is 0 Å². The highest BCUT2D eigenvalue weighted by Gasteiger charge is 2.41. The average Bonchev–Trinajstić information content (AvgIpc) is 3.20. The molecule has 2 atom stereocenters. The number of rotatable bonds is 2. The molecule has 6 heteroatoms. The van der Waals surface area contributed by atoms with Crippen molar-refractivity contribution in [1.82, 2.24) is 15.0 Å². The van der Waals surface area contributed by atoms with E-state index in [1.807, 2.05) is 12.1 Å². The lowest BCUT2D eigenvalue weighted by Gasteiger charge is -2.24. The largest absolute Gasteiger partial charge is 0.356 e. The summed E-state index contributed by atoms with van der Waals surface area (Å²) in [6.45, 7) is 10.6. The average molecular weight is 348 g/mol. The summed E-state index contributed by atoms with van der Waals surface area (Å²) >= 11 is 0. The minimum Gasteiger partial charge on any atom is -0.356 e. The molecule has 2 aromatic rings. The molecule has 6 nitrogen and oxygen atoms in total. The molecule has 134 valence electrons. The Balaban J connectivity index is 1.44. The zero-order valence-corrected chi connectivity index (χ0v) is 15.6. The van der Waals surface area contributed by atoms with Gasteiger partial charge in [0, 0.05) is 55.7 Å². The second-order valence-electron chi connectivity index (χ2n) is 8.36. The van der Waals surface area contributed by atoms with E-state index in [4.69, 9.17) is 5.26 Å². The summed E-state index contributed by atoms with van der Waals surface area (Å²) in [6, 6.07) is 8.06. The van der Waals surface area contributed by atoms with E-state index in [9.17, 15) is 0 Å². The standard InChI is InChI=1S/C20H24N6/c1-20(2,3)17-6-19(24-13-23-17)26-11-15-9-25(10-16(15)12-26)18-5-4-14(7-21)8-22-18/h4-6,8,13,15-16H,9-12H2,1-3H3. The van der Waals surface area contributed by atoms with Crippen molar-refractivity contribution in [3.63, 3.8) is 0 Å². The molecule has 0 saturated carbocycles. The highest BCUT2D eigenvalue weighted by atomic mass is 15.3. The minimum atomic E-state index is 0.0331. The maximum absolute atomic E-state index is 8.91. The first-order valence-corrected chi connectivity index (χ1v) is 9.12. The molecule has 26 heavy (non-hydrogen) atoms. The predicted molar refractivity (Wildman–Crippen MR) is 101 cm³/mol. The number of hydrogen-bond acceptors (Lipinski definition) is 6. The van der Waals surface area contributed by atoms with Crippen LogP contribution in [0.4, 0.5) is 11.6 Å². The first-order chi connectivity index (χ1) is 12.4. The highest BCUT2D eigenvalue weighted by molar-refractivity contribution is 5.46. The normalized spacial score (nSPS) is 22.4. The van der Waals surface area contributed by atoms with Crippen molar-refractivity contribution in [1.29, 1.82) is 5.26 Å². The molecule has 2 aliphatic rings. The lowest BCUT2D eigenvalue weighted by atomic mass is 9.92. The number of nitrogens with zero attached hydrogens (tertiary/aromatic N) is 6. The van der Waals surface area contributed by atoms with E-state index in [-0.39, 0.29) is 5.41 Å². The van der Waals surface area contributed by atoms with Gasteiger partial charge in [0.2, 0.25) is 0 Å². The fourth-order valence-corrected chi connectivity index (χ4v) is 3.94. The van der Waals surface area contributed by atoms with Gasteiger partial charge in [-0.1, -0.05) is 20.8 Å². The Morgan fingerprint density at radius 2 is 1.62 bits per heavy atom. The Morgan fingerprint density at radius 3 is 2.15 bits per heavy atom. The first-order valence-electron chi connectivity index (χ1n) is 9.12. The topological polar surface area (TPSA) is 68.9 Å². The summed E-state index contributed by atoms with van der Waals surface area (Å²) in [5.41, 5.74) is 1.73. The predicted octanol–water partition coefficient (Wildman–Crippen LogP) is 2.61. The quantitative estimate of drug-likeness (QED) is 0.831. The fraction of sp³-hybridized carbons (Fsp3) is 0.500. The third-order valence-corrected chi connectivity index (χ3v) is 5.43. The minimum absolute atomic E-state index is 0.0331. The first kappa shape index (κ1) is 16.8. The molecule has 2 unspecified atom stereocenters. The molecule has 0 spiro atoms. The van der Waals surface area contributed by atoms with Crippen molar-refractivity contribution >= 4 is 11.6 Å². The smallest absolute Gasteiger partial charge is 0.132 e. The molecule has 2 saturated heterocycles. The lowest BCUT2D eigenvalue weighted by molar-refractivity contribution is 0.533. The molecule has 0 N–H and O–H groups in total. The number of nitriles is 1. The second-order valence-corrected chi connectivity index (χ2v) is 8.36. The maximum atomic E-state index is 8.91. The lowest BCUT2D eigenvalue weighted by Crippen LogP contribution is -2.30. The van der Waals surface area contributed by atoms with E-state index in [2.05, 4.69) is 57.7 Å². The van der Waals surface area contributed by atoms with Crippen molar-refractivity contribution < 1.29 is 0 Å². The van der Waals surface area contributed by atoms with Gasteiger partial charge in [-0.15, -0.1) is 0 Å². The van der Waals surface area contributed by atoms with E-state index in [0.717, 1.165) is 43.5 Å². The number of fused-ring (bicyclic) bond motifs is 1. The van der Waals surface area contributed by atoms with Crippen molar-refractivity contribution in [2.75, 3.05) is 36.0 Å². The van der Waals surface area contributed by atoms with Crippen LogP contribution in [0.25, 0.3) is 0 Å².